The van der Waals surface area contributed by atoms with E-state index in [4.69, 9.17) is 9.52 Å². The van der Waals surface area contributed by atoms with E-state index in [-0.39, 0.29) is 5.69 Å². The second-order valence-corrected chi connectivity index (χ2v) is 3.66. The van der Waals surface area contributed by atoms with Crippen LogP contribution in [0.1, 0.15) is 21.6 Å². The fourth-order valence-electron chi connectivity index (χ4n) is 1.55. The Morgan fingerprint density at radius 2 is 2.12 bits per heavy atom. The molecular weight excluding hydrogens is 206 g/mol. The van der Waals surface area contributed by atoms with Crippen LogP contribution in [0.4, 0.5) is 0 Å². The van der Waals surface area contributed by atoms with Crippen molar-refractivity contribution in [2.75, 3.05) is 0 Å². The largest absolute Gasteiger partial charge is 0.476 e. The Morgan fingerprint density at radius 1 is 1.38 bits per heavy atom. The van der Waals surface area contributed by atoms with Gasteiger partial charge < -0.3 is 9.52 Å². The average molecular weight is 217 g/mol. The van der Waals surface area contributed by atoms with Crippen LogP contribution in [0, 0.1) is 13.8 Å². The molecule has 0 aliphatic rings. The van der Waals surface area contributed by atoms with E-state index in [2.05, 4.69) is 4.98 Å². The van der Waals surface area contributed by atoms with E-state index >= 15 is 0 Å². The van der Waals surface area contributed by atoms with Gasteiger partial charge in [0.25, 0.3) is 0 Å². The van der Waals surface area contributed by atoms with Crippen LogP contribution in [0.15, 0.2) is 28.9 Å². The first-order valence-corrected chi connectivity index (χ1v) is 4.84. The Bertz CT molecular complexity index is 543. The molecule has 4 nitrogen and oxygen atoms in total. The number of oxazole rings is 1. The Morgan fingerprint density at radius 3 is 2.69 bits per heavy atom. The smallest absolute Gasteiger partial charge is 0.357 e. The summed E-state index contributed by atoms with van der Waals surface area (Å²) < 4.78 is 5.14. The van der Waals surface area contributed by atoms with Crippen molar-refractivity contribution in [3.05, 3.63) is 41.3 Å². The second kappa shape index (κ2) is 3.81. The molecule has 0 spiro atoms. The van der Waals surface area contributed by atoms with Crippen LogP contribution in [-0.4, -0.2) is 16.1 Å². The molecule has 0 aliphatic carbocycles. The summed E-state index contributed by atoms with van der Waals surface area (Å²) in [4.78, 5) is 14.6. The van der Waals surface area contributed by atoms with Crippen LogP contribution in [0.3, 0.4) is 0 Å². The standard InChI is InChI=1S/C12H11NO3/c1-7-3-4-9(8(2)5-7)11-13-10(6-16-11)12(14)15/h3-6H,1-2H3,(H,14,15). The lowest BCUT2D eigenvalue weighted by Crippen LogP contribution is -1.95. The van der Waals surface area contributed by atoms with Crippen LogP contribution in [0.5, 0.6) is 0 Å². The summed E-state index contributed by atoms with van der Waals surface area (Å²) in [5.41, 5.74) is 2.90. The highest BCUT2D eigenvalue weighted by atomic mass is 16.4. The number of carbonyl (C=O) groups is 1. The zero-order valence-electron chi connectivity index (χ0n) is 9.02. The van der Waals surface area contributed by atoms with Crippen LogP contribution < -0.4 is 0 Å². The number of aryl methyl sites for hydroxylation is 2. The van der Waals surface area contributed by atoms with Gasteiger partial charge in [-0.05, 0) is 25.5 Å². The molecule has 0 atom stereocenters. The number of hydrogen-bond donors (Lipinski definition) is 1. The van der Waals surface area contributed by atoms with Gasteiger partial charge in [-0.3, -0.25) is 0 Å². The van der Waals surface area contributed by atoms with Crippen LogP contribution >= 0.6 is 0 Å². The topological polar surface area (TPSA) is 63.3 Å². The molecule has 2 aromatic rings. The zero-order chi connectivity index (χ0) is 11.7. The van der Waals surface area contributed by atoms with E-state index in [0.717, 1.165) is 23.0 Å². The number of aromatic nitrogens is 1. The third-order valence-electron chi connectivity index (χ3n) is 2.34. The Hall–Kier alpha value is -2.10. The van der Waals surface area contributed by atoms with E-state index in [0.29, 0.717) is 5.89 Å². The number of nitrogens with zero attached hydrogens (tertiary/aromatic N) is 1. The molecule has 1 heterocycles. The Balaban J connectivity index is 2.46. The SMILES string of the molecule is Cc1ccc(-c2nc(C(=O)O)co2)c(C)c1. The number of hydrogen-bond acceptors (Lipinski definition) is 3. The summed E-state index contributed by atoms with van der Waals surface area (Å²) in [5, 5.41) is 8.74. The first-order chi connectivity index (χ1) is 7.58. The van der Waals surface area contributed by atoms with Gasteiger partial charge in [0.1, 0.15) is 6.26 Å². The van der Waals surface area contributed by atoms with Gasteiger partial charge in [0, 0.05) is 5.56 Å². The normalized spacial score (nSPS) is 10.4. The van der Waals surface area contributed by atoms with E-state index in [1.54, 1.807) is 0 Å². The number of carboxylic acid groups (broad SMARTS) is 1. The van der Waals surface area contributed by atoms with Gasteiger partial charge in [-0.15, -0.1) is 0 Å². The van der Waals surface area contributed by atoms with Gasteiger partial charge in [-0.2, -0.15) is 0 Å². The van der Waals surface area contributed by atoms with E-state index in [1.165, 1.54) is 0 Å². The molecule has 16 heavy (non-hydrogen) atoms. The highest BCUT2D eigenvalue weighted by Gasteiger charge is 2.13. The minimum Gasteiger partial charge on any atom is -0.476 e. The second-order valence-electron chi connectivity index (χ2n) is 3.66. The molecule has 4 heteroatoms. The third-order valence-corrected chi connectivity index (χ3v) is 2.34. The maximum absolute atomic E-state index is 10.7. The lowest BCUT2D eigenvalue weighted by atomic mass is 10.1. The van der Waals surface area contributed by atoms with Crippen molar-refractivity contribution >= 4 is 5.97 Å². The van der Waals surface area contributed by atoms with E-state index in [1.807, 2.05) is 32.0 Å². The van der Waals surface area contributed by atoms with Gasteiger partial charge in [-0.1, -0.05) is 17.7 Å². The summed E-state index contributed by atoms with van der Waals surface area (Å²) in [6, 6.07) is 5.81. The van der Waals surface area contributed by atoms with Gasteiger partial charge in [-0.25, -0.2) is 9.78 Å². The molecule has 0 bridgehead atoms. The molecule has 1 aromatic heterocycles. The van der Waals surface area contributed by atoms with Crippen LogP contribution in [0.2, 0.25) is 0 Å². The summed E-state index contributed by atoms with van der Waals surface area (Å²) in [7, 11) is 0. The van der Waals surface area contributed by atoms with Crippen molar-refractivity contribution < 1.29 is 14.3 Å². The molecule has 0 saturated heterocycles. The first kappa shape index (κ1) is 10.4. The minimum atomic E-state index is -1.08. The van der Waals surface area contributed by atoms with Gasteiger partial charge >= 0.3 is 5.97 Å². The van der Waals surface area contributed by atoms with Crippen LogP contribution in [0.25, 0.3) is 11.5 Å². The number of benzene rings is 1. The average Bonchev–Trinajstić information content (AvgIpc) is 2.66. The van der Waals surface area contributed by atoms with Gasteiger partial charge in [0.15, 0.2) is 5.69 Å². The monoisotopic (exact) mass is 217 g/mol. The van der Waals surface area contributed by atoms with Crippen molar-refractivity contribution in [3.8, 4) is 11.5 Å². The zero-order valence-corrected chi connectivity index (χ0v) is 9.02. The highest BCUT2D eigenvalue weighted by Crippen LogP contribution is 2.23. The number of rotatable bonds is 2. The van der Waals surface area contributed by atoms with Gasteiger partial charge in [0.2, 0.25) is 5.89 Å². The molecule has 0 unspecified atom stereocenters. The molecule has 82 valence electrons. The molecule has 0 fully saturated rings. The summed E-state index contributed by atoms with van der Waals surface area (Å²) >= 11 is 0. The maximum Gasteiger partial charge on any atom is 0.357 e. The van der Waals surface area contributed by atoms with Crippen LogP contribution in [-0.2, 0) is 0 Å². The van der Waals surface area contributed by atoms with Crippen molar-refractivity contribution in [3.63, 3.8) is 0 Å². The van der Waals surface area contributed by atoms with Gasteiger partial charge in [0.05, 0.1) is 0 Å². The molecule has 0 aliphatic heterocycles. The van der Waals surface area contributed by atoms with Crippen molar-refractivity contribution in [2.24, 2.45) is 0 Å². The van der Waals surface area contributed by atoms with Crippen molar-refractivity contribution in [1.82, 2.24) is 4.98 Å². The maximum atomic E-state index is 10.7. The predicted octanol–water partition coefficient (Wildman–Crippen LogP) is 2.66. The number of carboxylic acids is 1. The lowest BCUT2D eigenvalue weighted by Gasteiger charge is -2.01. The predicted molar refractivity (Wildman–Crippen MR) is 58.4 cm³/mol. The fraction of sp³-hybridized carbons (Fsp3) is 0.167. The summed E-state index contributed by atoms with van der Waals surface area (Å²) in [6.07, 6.45) is 1.15. The molecule has 1 N–H and O–H groups in total. The quantitative estimate of drug-likeness (QED) is 0.839. The van der Waals surface area contributed by atoms with Crippen molar-refractivity contribution in [2.45, 2.75) is 13.8 Å². The minimum absolute atomic E-state index is 0.0741. The lowest BCUT2D eigenvalue weighted by molar-refractivity contribution is 0.0690. The molecule has 0 radical (unpaired) electrons. The summed E-state index contributed by atoms with van der Waals surface area (Å²) in [5.74, 6) is -0.741. The van der Waals surface area contributed by atoms with E-state index in [9.17, 15) is 4.79 Å². The van der Waals surface area contributed by atoms with Crippen molar-refractivity contribution in [1.29, 1.82) is 0 Å². The Kier molecular flexibility index (Phi) is 2.48. The molecule has 0 saturated carbocycles. The molecule has 0 amide bonds. The molecule has 2 rings (SSSR count). The Labute approximate surface area is 92.6 Å². The highest BCUT2D eigenvalue weighted by molar-refractivity contribution is 5.85. The summed E-state index contributed by atoms with van der Waals surface area (Å²) in [6.45, 7) is 3.93. The molecule has 1 aromatic carbocycles. The first-order valence-electron chi connectivity index (χ1n) is 4.84. The third kappa shape index (κ3) is 1.82. The number of aromatic carboxylic acids is 1. The fourth-order valence-corrected chi connectivity index (χ4v) is 1.55. The van der Waals surface area contributed by atoms with E-state index < -0.39 is 5.97 Å². The molecular formula is C12H11NO3.